The summed E-state index contributed by atoms with van der Waals surface area (Å²) in [5, 5.41) is 16.0. The van der Waals surface area contributed by atoms with Crippen molar-refractivity contribution in [2.45, 2.75) is 32.7 Å². The molecule has 0 bridgehead atoms. The number of hydrogen-bond acceptors (Lipinski definition) is 4. The van der Waals surface area contributed by atoms with Gasteiger partial charge >= 0.3 is 0 Å². The van der Waals surface area contributed by atoms with Gasteiger partial charge in [-0.3, -0.25) is 14.8 Å². The molecule has 1 aromatic heterocycles. The van der Waals surface area contributed by atoms with E-state index in [-0.39, 0.29) is 16.7 Å². The molecule has 3 rings (SSSR count). The molecule has 7 heteroatoms. The van der Waals surface area contributed by atoms with Crippen LogP contribution in [0.25, 0.3) is 0 Å². The Balaban J connectivity index is 2.08. The second-order valence-electron chi connectivity index (χ2n) is 5.95. The van der Waals surface area contributed by atoms with Crippen molar-refractivity contribution in [3.63, 3.8) is 0 Å². The molecule has 23 heavy (non-hydrogen) atoms. The fourth-order valence-electron chi connectivity index (χ4n) is 3.51. The van der Waals surface area contributed by atoms with Crippen molar-refractivity contribution in [2.24, 2.45) is 7.05 Å². The average molecular weight is 379 g/mol. The summed E-state index contributed by atoms with van der Waals surface area (Å²) in [7, 11) is 1.94. The van der Waals surface area contributed by atoms with Gasteiger partial charge in [0.05, 0.1) is 16.7 Å². The maximum absolute atomic E-state index is 11.5. The van der Waals surface area contributed by atoms with Crippen LogP contribution < -0.4 is 4.90 Å². The van der Waals surface area contributed by atoms with Gasteiger partial charge in [0.15, 0.2) is 0 Å². The van der Waals surface area contributed by atoms with Gasteiger partial charge in [-0.2, -0.15) is 5.10 Å². The highest BCUT2D eigenvalue weighted by molar-refractivity contribution is 9.10. The van der Waals surface area contributed by atoms with E-state index in [2.05, 4.69) is 32.9 Å². The van der Waals surface area contributed by atoms with Crippen LogP contribution in [-0.4, -0.2) is 21.2 Å². The van der Waals surface area contributed by atoms with Gasteiger partial charge in [-0.15, -0.1) is 0 Å². The summed E-state index contributed by atoms with van der Waals surface area (Å²) in [5.41, 5.74) is 4.15. The van der Waals surface area contributed by atoms with E-state index in [9.17, 15) is 10.1 Å². The number of nitro benzene ring substituents is 1. The Labute approximate surface area is 143 Å². The van der Waals surface area contributed by atoms with Gasteiger partial charge in [-0.1, -0.05) is 15.9 Å². The molecule has 1 saturated heterocycles. The van der Waals surface area contributed by atoms with Gasteiger partial charge < -0.3 is 4.90 Å². The smallest absolute Gasteiger partial charge is 0.293 e. The van der Waals surface area contributed by atoms with Crippen LogP contribution in [0.2, 0.25) is 0 Å². The highest BCUT2D eigenvalue weighted by atomic mass is 79.9. The van der Waals surface area contributed by atoms with Crippen molar-refractivity contribution in [3.05, 3.63) is 49.7 Å². The summed E-state index contributed by atoms with van der Waals surface area (Å²) in [4.78, 5) is 13.3. The van der Waals surface area contributed by atoms with E-state index >= 15 is 0 Å². The molecule has 2 heterocycles. The molecule has 1 aliphatic rings. The standard InChI is InChI=1S/C16H19BrN4O2/c1-10-16(11(2)19(3)18-10)14-5-4-8-20(14)13-7-6-12(17)9-15(13)21(22)23/h6-7,9,14H,4-5,8H2,1-3H3. The predicted octanol–water partition coefficient (Wildman–Crippen LogP) is 4.05. The van der Waals surface area contributed by atoms with Crippen molar-refractivity contribution in [2.75, 3.05) is 11.4 Å². The topological polar surface area (TPSA) is 64.2 Å². The number of rotatable bonds is 3. The third kappa shape index (κ3) is 2.73. The molecule has 1 aromatic carbocycles. The van der Waals surface area contributed by atoms with Crippen molar-refractivity contribution < 1.29 is 4.92 Å². The molecule has 0 amide bonds. The van der Waals surface area contributed by atoms with Crippen LogP contribution in [0.4, 0.5) is 11.4 Å². The van der Waals surface area contributed by atoms with Crippen molar-refractivity contribution in [1.29, 1.82) is 0 Å². The number of nitro groups is 1. The highest BCUT2D eigenvalue weighted by Crippen LogP contribution is 2.42. The van der Waals surface area contributed by atoms with E-state index in [1.165, 1.54) is 5.56 Å². The summed E-state index contributed by atoms with van der Waals surface area (Å²) in [5.74, 6) is 0. The van der Waals surface area contributed by atoms with Gasteiger partial charge in [0, 0.05) is 35.4 Å². The van der Waals surface area contributed by atoms with Crippen molar-refractivity contribution in [3.8, 4) is 0 Å². The molecular formula is C16H19BrN4O2. The number of hydrogen-bond donors (Lipinski definition) is 0. The lowest BCUT2D eigenvalue weighted by atomic mass is 10.0. The first kappa shape index (κ1) is 16.0. The minimum atomic E-state index is -0.307. The van der Waals surface area contributed by atoms with Gasteiger partial charge in [0.1, 0.15) is 5.69 Å². The second-order valence-corrected chi connectivity index (χ2v) is 6.87. The van der Waals surface area contributed by atoms with Crippen LogP contribution in [0.5, 0.6) is 0 Å². The summed E-state index contributed by atoms with van der Waals surface area (Å²) in [6.07, 6.45) is 2.01. The average Bonchev–Trinajstić information content (AvgIpc) is 3.04. The molecule has 0 radical (unpaired) electrons. The van der Waals surface area contributed by atoms with E-state index < -0.39 is 0 Å². The van der Waals surface area contributed by atoms with Gasteiger partial charge in [-0.25, -0.2) is 0 Å². The van der Waals surface area contributed by atoms with E-state index in [1.54, 1.807) is 6.07 Å². The molecule has 0 saturated carbocycles. The zero-order chi connectivity index (χ0) is 16.7. The SMILES string of the molecule is Cc1nn(C)c(C)c1C1CCCN1c1ccc(Br)cc1[N+](=O)[O-]. The second kappa shape index (κ2) is 5.96. The third-order valence-corrected chi connectivity index (χ3v) is 5.09. The first-order valence-electron chi connectivity index (χ1n) is 7.61. The monoisotopic (exact) mass is 378 g/mol. The Bertz CT molecular complexity index is 772. The third-order valence-electron chi connectivity index (χ3n) is 4.59. The largest absolute Gasteiger partial charge is 0.359 e. The van der Waals surface area contributed by atoms with E-state index in [4.69, 9.17) is 0 Å². The lowest BCUT2D eigenvalue weighted by Gasteiger charge is -2.27. The Morgan fingerprint density at radius 2 is 2.13 bits per heavy atom. The molecule has 6 nitrogen and oxygen atoms in total. The molecule has 0 N–H and O–H groups in total. The fourth-order valence-corrected chi connectivity index (χ4v) is 3.86. The molecule has 2 aromatic rings. The number of aromatic nitrogens is 2. The summed E-state index contributed by atoms with van der Waals surface area (Å²) < 4.78 is 2.61. The maximum atomic E-state index is 11.5. The highest BCUT2D eigenvalue weighted by Gasteiger charge is 2.33. The summed E-state index contributed by atoms with van der Waals surface area (Å²) in [6.45, 7) is 4.89. The summed E-state index contributed by atoms with van der Waals surface area (Å²) in [6, 6.07) is 5.42. The van der Waals surface area contributed by atoms with E-state index in [0.29, 0.717) is 5.69 Å². The fraction of sp³-hybridized carbons (Fsp3) is 0.438. The molecule has 1 atom stereocenters. The van der Waals surface area contributed by atoms with Crippen molar-refractivity contribution in [1.82, 2.24) is 9.78 Å². The number of anilines is 1. The number of halogens is 1. The predicted molar refractivity (Wildman–Crippen MR) is 92.8 cm³/mol. The Kier molecular flexibility index (Phi) is 4.14. The van der Waals surface area contributed by atoms with Crippen LogP contribution in [0, 0.1) is 24.0 Å². The van der Waals surface area contributed by atoms with Crippen LogP contribution in [0.15, 0.2) is 22.7 Å². The number of nitrogens with zero attached hydrogens (tertiary/aromatic N) is 4. The molecule has 1 unspecified atom stereocenters. The van der Waals surface area contributed by atoms with Crippen molar-refractivity contribution >= 4 is 27.3 Å². The van der Waals surface area contributed by atoms with Gasteiger partial charge in [0.25, 0.3) is 5.69 Å². The zero-order valence-corrected chi connectivity index (χ0v) is 15.0. The Morgan fingerprint density at radius 1 is 1.39 bits per heavy atom. The molecule has 122 valence electrons. The molecule has 0 aliphatic carbocycles. The van der Waals surface area contributed by atoms with E-state index in [0.717, 1.165) is 35.2 Å². The molecule has 1 aliphatic heterocycles. The zero-order valence-electron chi connectivity index (χ0n) is 13.4. The quantitative estimate of drug-likeness (QED) is 0.596. The van der Waals surface area contributed by atoms with Crippen LogP contribution in [0.1, 0.15) is 35.8 Å². The number of aryl methyl sites for hydroxylation is 2. The normalized spacial score (nSPS) is 17.7. The lowest BCUT2D eigenvalue weighted by Crippen LogP contribution is -2.24. The molecule has 1 fully saturated rings. The van der Waals surface area contributed by atoms with Crippen LogP contribution in [0.3, 0.4) is 0 Å². The van der Waals surface area contributed by atoms with Crippen LogP contribution in [-0.2, 0) is 7.05 Å². The minimum absolute atomic E-state index is 0.142. The maximum Gasteiger partial charge on any atom is 0.293 e. The first-order chi connectivity index (χ1) is 10.9. The summed E-state index contributed by atoms with van der Waals surface area (Å²) >= 11 is 3.32. The van der Waals surface area contributed by atoms with Gasteiger partial charge in [0.2, 0.25) is 0 Å². The Hall–Kier alpha value is -1.89. The first-order valence-corrected chi connectivity index (χ1v) is 8.40. The molecular weight excluding hydrogens is 360 g/mol. The lowest BCUT2D eigenvalue weighted by molar-refractivity contribution is -0.384. The van der Waals surface area contributed by atoms with Gasteiger partial charge in [-0.05, 0) is 38.8 Å². The molecule has 0 spiro atoms. The van der Waals surface area contributed by atoms with Crippen LogP contribution >= 0.6 is 15.9 Å². The van der Waals surface area contributed by atoms with E-state index in [1.807, 2.05) is 30.8 Å². The minimum Gasteiger partial charge on any atom is -0.359 e. The Morgan fingerprint density at radius 3 is 2.74 bits per heavy atom. The number of benzene rings is 1.